The third kappa shape index (κ3) is 11.5. The second kappa shape index (κ2) is 16.9. The Morgan fingerprint density at radius 2 is 0.618 bits per heavy atom. The molecule has 0 aliphatic carbocycles. The largest absolute Gasteiger partial charge is 0.479 e. The fraction of sp³-hybridized carbons (Fsp3) is 0.125. The second-order valence-corrected chi connectivity index (χ2v) is 6.45. The number of carboxylic acid groups (broad SMARTS) is 3. The Labute approximate surface area is 229 Å². The van der Waals surface area contributed by atoms with E-state index in [-0.39, 0.29) is 41.7 Å². The van der Waals surface area contributed by atoms with E-state index in [4.69, 9.17) is 30.6 Å². The first kappa shape index (κ1) is 31.3. The van der Waals surface area contributed by atoms with E-state index in [0.29, 0.717) is 16.7 Å². The van der Waals surface area contributed by atoms with E-state index in [1.165, 1.54) is 0 Å². The molecule has 0 aliphatic rings. The van der Waals surface area contributed by atoms with Gasteiger partial charge >= 0.3 is 17.9 Å². The number of benzene rings is 3. The van der Waals surface area contributed by atoms with Crippen molar-refractivity contribution in [1.29, 1.82) is 0 Å². The summed E-state index contributed by atoms with van der Waals surface area (Å²) in [6.07, 6.45) is -4.22. The first-order valence-corrected chi connectivity index (χ1v) is 9.52. The van der Waals surface area contributed by atoms with E-state index in [9.17, 15) is 14.4 Å². The van der Waals surface area contributed by atoms with Gasteiger partial charge in [-0.1, -0.05) is 91.0 Å². The van der Waals surface area contributed by atoms with Crippen molar-refractivity contribution >= 4 is 17.9 Å². The van der Waals surface area contributed by atoms with E-state index in [0.717, 1.165) is 0 Å². The van der Waals surface area contributed by atoms with Crippen LogP contribution in [0.25, 0.3) is 0 Å². The average molecular weight is 597 g/mol. The third-order valence-corrected chi connectivity index (χ3v) is 4.05. The first-order valence-electron chi connectivity index (χ1n) is 9.52. The summed E-state index contributed by atoms with van der Waals surface area (Å²) < 4.78 is 0. The minimum absolute atomic E-state index is 0. The smallest absolute Gasteiger partial charge is 0.337 e. The number of rotatable bonds is 6. The number of aliphatic hydroxyl groups excluding tert-OH is 3. The van der Waals surface area contributed by atoms with Crippen LogP contribution in [-0.4, -0.2) is 48.5 Å². The van der Waals surface area contributed by atoms with Gasteiger partial charge in [0.1, 0.15) is 0 Å². The standard InChI is InChI=1S/3C8H8O3.Ce/c3*9-7(8(10)11)6-4-2-1-3-5-6;/h3*1-5,7,9H,(H,10,11);. The van der Waals surface area contributed by atoms with Crippen molar-refractivity contribution < 1.29 is 86.8 Å². The first-order chi connectivity index (χ1) is 15.6. The fourth-order valence-corrected chi connectivity index (χ4v) is 2.33. The molecule has 0 aliphatic heterocycles. The fourth-order valence-electron chi connectivity index (χ4n) is 2.33. The van der Waals surface area contributed by atoms with Crippen LogP contribution in [0, 0.1) is 41.7 Å². The van der Waals surface area contributed by atoms with Crippen molar-refractivity contribution in [3.8, 4) is 0 Å². The summed E-state index contributed by atoms with van der Waals surface area (Å²) in [5.41, 5.74) is 1.21. The van der Waals surface area contributed by atoms with Crippen LogP contribution in [0.15, 0.2) is 91.0 Å². The molecule has 3 unspecified atom stereocenters. The summed E-state index contributed by atoms with van der Waals surface area (Å²) in [4.78, 5) is 30.7. The third-order valence-electron chi connectivity index (χ3n) is 4.05. The summed E-state index contributed by atoms with van der Waals surface area (Å²) >= 11 is 0. The van der Waals surface area contributed by atoms with E-state index in [1.54, 1.807) is 91.0 Å². The number of hydrogen-bond acceptors (Lipinski definition) is 6. The molecule has 0 saturated carbocycles. The molecule has 6 N–H and O–H groups in total. The molecular formula is C24H24CeO9. The van der Waals surface area contributed by atoms with Crippen LogP contribution >= 0.6 is 0 Å². The maximum atomic E-state index is 10.2. The molecule has 3 aromatic rings. The molecule has 0 aromatic heterocycles. The van der Waals surface area contributed by atoms with Gasteiger partial charge in [0.25, 0.3) is 0 Å². The Morgan fingerprint density at radius 1 is 0.441 bits per heavy atom. The molecule has 0 radical (unpaired) electrons. The maximum Gasteiger partial charge on any atom is 0.337 e. The van der Waals surface area contributed by atoms with Gasteiger partial charge in [-0.3, -0.25) is 0 Å². The predicted octanol–water partition coefficient (Wildman–Crippen LogP) is 2.41. The quantitative estimate of drug-likeness (QED) is 0.250. The Balaban J connectivity index is 0.000000473. The Kier molecular flexibility index (Phi) is 15.5. The van der Waals surface area contributed by atoms with Gasteiger partial charge in [-0.25, -0.2) is 14.4 Å². The number of hydrogen-bond donors (Lipinski definition) is 6. The van der Waals surface area contributed by atoms with Crippen molar-refractivity contribution in [2.24, 2.45) is 0 Å². The van der Waals surface area contributed by atoms with Crippen molar-refractivity contribution in [1.82, 2.24) is 0 Å². The Bertz CT molecular complexity index is 867. The van der Waals surface area contributed by atoms with Crippen LogP contribution in [0.4, 0.5) is 0 Å². The number of aliphatic hydroxyl groups is 3. The van der Waals surface area contributed by atoms with E-state index >= 15 is 0 Å². The summed E-state index contributed by atoms with van der Waals surface area (Å²) in [5.74, 6) is -3.68. The summed E-state index contributed by atoms with van der Waals surface area (Å²) in [6.45, 7) is 0. The second-order valence-electron chi connectivity index (χ2n) is 6.45. The molecule has 0 spiro atoms. The van der Waals surface area contributed by atoms with Gasteiger partial charge in [0, 0.05) is 41.7 Å². The van der Waals surface area contributed by atoms with Gasteiger partial charge in [0.2, 0.25) is 0 Å². The molecule has 34 heavy (non-hydrogen) atoms. The van der Waals surface area contributed by atoms with Crippen molar-refractivity contribution in [2.45, 2.75) is 18.3 Å². The molecule has 0 bridgehead atoms. The summed E-state index contributed by atoms with van der Waals surface area (Å²) in [5, 5.41) is 52.2. The van der Waals surface area contributed by atoms with Crippen molar-refractivity contribution in [3.63, 3.8) is 0 Å². The molecule has 178 valence electrons. The average Bonchev–Trinajstić information content (AvgIpc) is 2.84. The van der Waals surface area contributed by atoms with Crippen LogP contribution in [0.2, 0.25) is 0 Å². The molecule has 0 saturated heterocycles. The minimum atomic E-state index is -1.41. The Hall–Kier alpha value is -2.67. The minimum Gasteiger partial charge on any atom is -0.479 e. The maximum absolute atomic E-state index is 10.2. The van der Waals surface area contributed by atoms with Gasteiger partial charge in [-0.15, -0.1) is 0 Å². The zero-order chi connectivity index (χ0) is 24.8. The van der Waals surface area contributed by atoms with Crippen LogP contribution in [0.5, 0.6) is 0 Å². The molecular weight excluding hydrogens is 572 g/mol. The van der Waals surface area contributed by atoms with E-state index in [1.807, 2.05) is 0 Å². The predicted molar refractivity (Wildman–Crippen MR) is 117 cm³/mol. The van der Waals surface area contributed by atoms with Crippen LogP contribution in [-0.2, 0) is 14.4 Å². The van der Waals surface area contributed by atoms with Crippen LogP contribution in [0.3, 0.4) is 0 Å². The van der Waals surface area contributed by atoms with Crippen molar-refractivity contribution in [2.75, 3.05) is 0 Å². The van der Waals surface area contributed by atoms with Gasteiger partial charge < -0.3 is 30.6 Å². The summed E-state index contributed by atoms with van der Waals surface area (Å²) in [7, 11) is 0. The normalized spacial score (nSPS) is 12.1. The zero-order valence-electron chi connectivity index (χ0n) is 17.8. The Morgan fingerprint density at radius 3 is 0.765 bits per heavy atom. The number of aliphatic carboxylic acids is 3. The molecule has 0 heterocycles. The monoisotopic (exact) mass is 596 g/mol. The van der Waals surface area contributed by atoms with Gasteiger partial charge in [0.05, 0.1) is 0 Å². The van der Waals surface area contributed by atoms with E-state index in [2.05, 4.69) is 0 Å². The molecule has 0 amide bonds. The van der Waals surface area contributed by atoms with Gasteiger partial charge in [-0.2, -0.15) is 0 Å². The van der Waals surface area contributed by atoms with Gasteiger partial charge in [0.15, 0.2) is 18.3 Å². The zero-order valence-corrected chi connectivity index (χ0v) is 20.9. The molecule has 9 nitrogen and oxygen atoms in total. The van der Waals surface area contributed by atoms with Crippen LogP contribution < -0.4 is 0 Å². The molecule has 3 aromatic carbocycles. The SMILES string of the molecule is O=C(O)C(O)c1ccccc1.O=C(O)C(O)c1ccccc1.O=C(O)C(O)c1ccccc1.[Ce]. The number of carboxylic acids is 3. The molecule has 0 fully saturated rings. The van der Waals surface area contributed by atoms with Crippen molar-refractivity contribution in [3.05, 3.63) is 108 Å². The van der Waals surface area contributed by atoms with Gasteiger partial charge in [-0.05, 0) is 16.7 Å². The topological polar surface area (TPSA) is 173 Å². The molecule has 10 heteroatoms. The molecule has 3 atom stereocenters. The van der Waals surface area contributed by atoms with Crippen LogP contribution in [0.1, 0.15) is 35.0 Å². The molecule has 3 rings (SSSR count). The summed E-state index contributed by atoms with van der Waals surface area (Å²) in [6, 6.07) is 24.8. The number of carbonyl (C=O) groups is 3. The van der Waals surface area contributed by atoms with E-state index < -0.39 is 36.2 Å².